The van der Waals surface area contributed by atoms with E-state index in [0.717, 1.165) is 31.4 Å². The second kappa shape index (κ2) is 7.44. The van der Waals surface area contributed by atoms with Gasteiger partial charge in [-0.1, -0.05) is 24.6 Å². The lowest BCUT2D eigenvalue weighted by molar-refractivity contribution is 0.385. The molecule has 0 spiro atoms. The zero-order chi connectivity index (χ0) is 14.4. The predicted octanol–water partition coefficient (Wildman–Crippen LogP) is 4.38. The van der Waals surface area contributed by atoms with E-state index in [0.29, 0.717) is 5.75 Å². The Morgan fingerprint density at radius 1 is 1.35 bits per heavy atom. The van der Waals surface area contributed by atoms with Crippen LogP contribution in [0.4, 0.5) is 4.39 Å². The molecule has 1 N–H and O–H groups in total. The van der Waals surface area contributed by atoms with Crippen LogP contribution in [0, 0.1) is 5.82 Å². The molecule has 0 aliphatic heterocycles. The van der Waals surface area contributed by atoms with Gasteiger partial charge in [0.2, 0.25) is 0 Å². The van der Waals surface area contributed by atoms with Gasteiger partial charge in [-0.2, -0.15) is 0 Å². The number of nitrogens with one attached hydrogen (secondary N) is 1. The summed E-state index contributed by atoms with van der Waals surface area (Å²) in [6, 6.07) is 5.36. The second-order valence-electron chi connectivity index (χ2n) is 5.31. The molecule has 1 aromatic rings. The number of hydrogen-bond donors (Lipinski definition) is 1. The van der Waals surface area contributed by atoms with E-state index >= 15 is 0 Å². The summed E-state index contributed by atoms with van der Waals surface area (Å²) >= 11 is 0. The van der Waals surface area contributed by atoms with Gasteiger partial charge in [0, 0.05) is 0 Å². The van der Waals surface area contributed by atoms with E-state index in [4.69, 9.17) is 4.74 Å². The van der Waals surface area contributed by atoms with Gasteiger partial charge in [-0.25, -0.2) is 4.39 Å². The zero-order valence-electron chi connectivity index (χ0n) is 12.4. The van der Waals surface area contributed by atoms with Crippen LogP contribution in [0.25, 0.3) is 0 Å². The minimum Gasteiger partial charge on any atom is -0.494 e. The van der Waals surface area contributed by atoms with Crippen molar-refractivity contribution in [2.24, 2.45) is 0 Å². The highest BCUT2D eigenvalue weighted by atomic mass is 19.1. The first-order valence-corrected chi connectivity index (χ1v) is 7.52. The molecule has 3 heteroatoms. The van der Waals surface area contributed by atoms with Crippen molar-refractivity contribution in [1.29, 1.82) is 0 Å². The first kappa shape index (κ1) is 15.0. The number of halogens is 1. The molecule has 0 fully saturated rings. The van der Waals surface area contributed by atoms with E-state index in [1.54, 1.807) is 0 Å². The normalized spacial score (nSPS) is 16.6. The number of hydrogen-bond acceptors (Lipinski definition) is 2. The van der Waals surface area contributed by atoms with Gasteiger partial charge in [-0.05, 0) is 56.3 Å². The monoisotopic (exact) mass is 277 g/mol. The highest BCUT2D eigenvalue weighted by Gasteiger charge is 2.19. The van der Waals surface area contributed by atoms with E-state index in [-0.39, 0.29) is 11.9 Å². The van der Waals surface area contributed by atoms with Crippen molar-refractivity contribution in [3.8, 4) is 5.75 Å². The van der Waals surface area contributed by atoms with E-state index in [1.165, 1.54) is 31.6 Å². The molecule has 1 atom stereocenters. The fraction of sp³-hybridized carbons (Fsp3) is 0.529. The molecule has 0 aromatic heterocycles. The van der Waals surface area contributed by atoms with E-state index < -0.39 is 0 Å². The molecule has 2 nitrogen and oxygen atoms in total. The number of ether oxygens (including phenoxy) is 1. The summed E-state index contributed by atoms with van der Waals surface area (Å²) in [6.45, 7) is 3.12. The van der Waals surface area contributed by atoms with Crippen LogP contribution in [0.2, 0.25) is 0 Å². The summed E-state index contributed by atoms with van der Waals surface area (Å²) in [4.78, 5) is 0. The van der Waals surface area contributed by atoms with E-state index in [9.17, 15) is 4.39 Å². The molecular weight excluding hydrogens is 253 g/mol. The highest BCUT2D eigenvalue weighted by Crippen LogP contribution is 2.32. The second-order valence-corrected chi connectivity index (χ2v) is 5.31. The fourth-order valence-corrected chi connectivity index (χ4v) is 2.73. The maximum Gasteiger partial charge on any atom is 0.165 e. The van der Waals surface area contributed by atoms with Crippen LogP contribution < -0.4 is 10.1 Å². The Morgan fingerprint density at radius 3 is 2.85 bits per heavy atom. The Balaban J connectivity index is 2.27. The molecule has 20 heavy (non-hydrogen) atoms. The number of allylic oxidation sites excluding steroid dienone is 1. The summed E-state index contributed by atoms with van der Waals surface area (Å²) in [5, 5.41) is 3.58. The van der Waals surface area contributed by atoms with Gasteiger partial charge >= 0.3 is 0 Å². The van der Waals surface area contributed by atoms with Crippen LogP contribution in [-0.2, 0) is 0 Å². The topological polar surface area (TPSA) is 21.3 Å². The van der Waals surface area contributed by atoms with Gasteiger partial charge in [0.1, 0.15) is 0 Å². The molecule has 0 radical (unpaired) electrons. The minimum absolute atomic E-state index is 0.185. The molecule has 1 aliphatic rings. The highest BCUT2D eigenvalue weighted by molar-refractivity contribution is 5.36. The number of methoxy groups -OCH3 is 1. The van der Waals surface area contributed by atoms with Gasteiger partial charge < -0.3 is 10.1 Å². The van der Waals surface area contributed by atoms with Crippen LogP contribution >= 0.6 is 0 Å². The molecule has 2 rings (SSSR count). The lowest BCUT2D eigenvalue weighted by atomic mass is 9.89. The van der Waals surface area contributed by atoms with E-state index in [2.05, 4.69) is 18.3 Å². The summed E-state index contributed by atoms with van der Waals surface area (Å²) in [7, 11) is 1.51. The van der Waals surface area contributed by atoms with Crippen LogP contribution in [-0.4, -0.2) is 13.7 Å². The average Bonchev–Trinajstić information content (AvgIpc) is 2.50. The first-order chi connectivity index (χ1) is 9.76. The van der Waals surface area contributed by atoms with Gasteiger partial charge in [0.05, 0.1) is 13.2 Å². The quantitative estimate of drug-likeness (QED) is 0.779. The SMILES string of the molecule is CCCNC(C1=CCCCC1)c1ccc(F)c(OC)c1. The molecular formula is C17H24FNO. The average molecular weight is 277 g/mol. The van der Waals surface area contributed by atoms with Crippen LogP contribution in [0.3, 0.4) is 0 Å². The molecule has 0 bridgehead atoms. The molecule has 1 unspecified atom stereocenters. The van der Waals surface area contributed by atoms with Crippen molar-refractivity contribution >= 4 is 0 Å². The van der Waals surface area contributed by atoms with Crippen molar-refractivity contribution in [3.05, 3.63) is 41.2 Å². The maximum absolute atomic E-state index is 13.6. The molecule has 0 saturated heterocycles. The summed E-state index contributed by atoms with van der Waals surface area (Å²) in [5.41, 5.74) is 2.52. The third-order valence-corrected chi connectivity index (χ3v) is 3.80. The molecule has 1 aromatic carbocycles. The van der Waals surface area contributed by atoms with Crippen LogP contribution in [0.15, 0.2) is 29.8 Å². The third kappa shape index (κ3) is 3.60. The summed E-state index contributed by atoms with van der Waals surface area (Å²) < 4.78 is 18.7. The predicted molar refractivity (Wildman–Crippen MR) is 80.5 cm³/mol. The fourth-order valence-electron chi connectivity index (χ4n) is 2.73. The Hall–Kier alpha value is -1.35. The smallest absolute Gasteiger partial charge is 0.165 e. The first-order valence-electron chi connectivity index (χ1n) is 7.52. The van der Waals surface area contributed by atoms with Crippen molar-refractivity contribution in [1.82, 2.24) is 5.32 Å². The molecule has 110 valence electrons. The number of rotatable bonds is 6. The van der Waals surface area contributed by atoms with Crippen molar-refractivity contribution in [2.75, 3.05) is 13.7 Å². The lowest BCUT2D eigenvalue weighted by Gasteiger charge is -2.25. The van der Waals surface area contributed by atoms with Gasteiger partial charge in [-0.3, -0.25) is 0 Å². The standard InChI is InChI=1S/C17H24FNO/c1-3-11-19-17(13-7-5-4-6-8-13)14-9-10-15(18)16(12-14)20-2/h7,9-10,12,17,19H,3-6,8,11H2,1-2H3. The van der Waals surface area contributed by atoms with E-state index in [1.807, 2.05) is 12.1 Å². The summed E-state index contributed by atoms with van der Waals surface area (Å²) in [5.74, 6) is 0.0188. The van der Waals surface area contributed by atoms with Gasteiger partial charge in [-0.15, -0.1) is 0 Å². The zero-order valence-corrected chi connectivity index (χ0v) is 12.4. The Bertz CT molecular complexity index is 470. The maximum atomic E-state index is 13.6. The molecule has 0 heterocycles. The van der Waals surface area contributed by atoms with Crippen molar-refractivity contribution < 1.29 is 9.13 Å². The number of benzene rings is 1. The minimum atomic E-state index is -0.303. The van der Waals surface area contributed by atoms with Crippen LogP contribution in [0.5, 0.6) is 5.75 Å². The van der Waals surface area contributed by atoms with Gasteiger partial charge in [0.25, 0.3) is 0 Å². The van der Waals surface area contributed by atoms with Crippen LogP contribution in [0.1, 0.15) is 50.6 Å². The molecule has 0 saturated carbocycles. The Labute approximate surface area is 121 Å². The third-order valence-electron chi connectivity index (χ3n) is 3.80. The van der Waals surface area contributed by atoms with Gasteiger partial charge in [0.15, 0.2) is 11.6 Å². The molecule has 1 aliphatic carbocycles. The molecule has 0 amide bonds. The Kier molecular flexibility index (Phi) is 5.60. The summed E-state index contributed by atoms with van der Waals surface area (Å²) in [6.07, 6.45) is 8.22. The van der Waals surface area contributed by atoms with Crippen molar-refractivity contribution in [2.45, 2.75) is 45.1 Å². The lowest BCUT2D eigenvalue weighted by Crippen LogP contribution is -2.24. The van der Waals surface area contributed by atoms with Crippen molar-refractivity contribution in [3.63, 3.8) is 0 Å². The largest absolute Gasteiger partial charge is 0.494 e. The Morgan fingerprint density at radius 2 is 2.20 bits per heavy atom.